The zero-order chi connectivity index (χ0) is 21.8. The topological polar surface area (TPSA) is 88.9 Å². The lowest BCUT2D eigenvalue weighted by Gasteiger charge is -2.10. The first-order valence-corrected chi connectivity index (χ1v) is 11.4. The van der Waals surface area contributed by atoms with Gasteiger partial charge in [0.1, 0.15) is 0 Å². The van der Waals surface area contributed by atoms with Crippen LogP contribution in [0.4, 0.5) is 11.4 Å². The molecule has 1 heterocycles. The Hall–Kier alpha value is -3.13. The van der Waals surface area contributed by atoms with Gasteiger partial charge < -0.3 is 15.2 Å². The van der Waals surface area contributed by atoms with Crippen molar-refractivity contribution >= 4 is 35.0 Å². The van der Waals surface area contributed by atoms with Crippen molar-refractivity contribution in [3.05, 3.63) is 54.1 Å². The number of hydrogen-bond acceptors (Lipinski definition) is 5. The lowest BCUT2D eigenvalue weighted by atomic mass is 10.1. The van der Waals surface area contributed by atoms with Crippen molar-refractivity contribution in [2.45, 2.75) is 38.4 Å². The number of carbonyl (C=O) groups excluding carboxylic acids is 2. The average molecular weight is 436 g/mol. The van der Waals surface area contributed by atoms with Gasteiger partial charge in [-0.3, -0.25) is 9.59 Å². The van der Waals surface area contributed by atoms with Gasteiger partial charge in [0.05, 0.1) is 5.75 Å². The van der Waals surface area contributed by atoms with E-state index in [1.54, 1.807) is 24.3 Å². The molecule has 1 aliphatic rings. The van der Waals surface area contributed by atoms with E-state index in [9.17, 15) is 9.59 Å². The number of hydrogen-bond donors (Lipinski definition) is 2. The molecule has 1 fully saturated rings. The number of nitrogens with zero attached hydrogens (tertiary/aromatic N) is 3. The van der Waals surface area contributed by atoms with E-state index >= 15 is 0 Å². The normalized spacial score (nSPS) is 13.1. The van der Waals surface area contributed by atoms with E-state index < -0.39 is 0 Å². The van der Waals surface area contributed by atoms with E-state index in [0.717, 1.165) is 35.5 Å². The number of carbonyl (C=O) groups is 2. The van der Waals surface area contributed by atoms with Crippen LogP contribution in [0.3, 0.4) is 0 Å². The molecule has 0 bridgehead atoms. The first kappa shape index (κ1) is 21.1. The van der Waals surface area contributed by atoms with Crippen molar-refractivity contribution < 1.29 is 9.59 Å². The summed E-state index contributed by atoms with van der Waals surface area (Å²) >= 11 is 1.36. The van der Waals surface area contributed by atoms with E-state index in [4.69, 9.17) is 0 Å². The molecule has 7 nitrogen and oxygen atoms in total. The monoisotopic (exact) mass is 435 g/mol. The molecule has 2 N–H and O–H groups in total. The van der Waals surface area contributed by atoms with Gasteiger partial charge in [0.2, 0.25) is 11.8 Å². The molecule has 0 radical (unpaired) electrons. The minimum absolute atomic E-state index is 0.0679. The van der Waals surface area contributed by atoms with Crippen LogP contribution in [0.1, 0.15) is 25.3 Å². The Kier molecular flexibility index (Phi) is 6.36. The summed E-state index contributed by atoms with van der Waals surface area (Å²) in [4.78, 5) is 24.2. The van der Waals surface area contributed by atoms with Crippen LogP contribution in [0.5, 0.6) is 0 Å². The summed E-state index contributed by atoms with van der Waals surface area (Å²) in [7, 11) is 0. The fraction of sp³-hybridized carbons (Fsp3) is 0.304. The minimum Gasteiger partial charge on any atom is -0.326 e. The zero-order valence-corrected chi connectivity index (χ0v) is 18.4. The Labute approximate surface area is 185 Å². The van der Waals surface area contributed by atoms with Gasteiger partial charge in [0.25, 0.3) is 0 Å². The molecule has 0 atom stereocenters. The van der Waals surface area contributed by atoms with Crippen molar-refractivity contribution in [2.75, 3.05) is 16.4 Å². The largest absolute Gasteiger partial charge is 0.326 e. The fourth-order valence-corrected chi connectivity index (χ4v) is 4.06. The van der Waals surface area contributed by atoms with Crippen molar-refractivity contribution in [3.63, 3.8) is 0 Å². The predicted molar refractivity (Wildman–Crippen MR) is 123 cm³/mol. The Morgan fingerprint density at radius 3 is 2.35 bits per heavy atom. The molecule has 2 aromatic carbocycles. The lowest BCUT2D eigenvalue weighted by Crippen LogP contribution is -2.15. The Balaban J connectivity index is 1.34. The van der Waals surface area contributed by atoms with Crippen molar-refractivity contribution in [1.82, 2.24) is 14.8 Å². The van der Waals surface area contributed by atoms with Crippen LogP contribution in [0.15, 0.2) is 53.7 Å². The molecule has 4 rings (SSSR count). The first-order valence-electron chi connectivity index (χ1n) is 10.4. The number of aromatic nitrogens is 3. The van der Waals surface area contributed by atoms with Crippen LogP contribution in [0.2, 0.25) is 0 Å². The van der Waals surface area contributed by atoms with E-state index in [0.29, 0.717) is 17.4 Å². The molecule has 31 heavy (non-hydrogen) atoms. The van der Waals surface area contributed by atoms with Crippen LogP contribution in [-0.4, -0.2) is 32.3 Å². The smallest absolute Gasteiger partial charge is 0.234 e. The summed E-state index contributed by atoms with van der Waals surface area (Å²) in [5.74, 6) is 1.15. The molecule has 0 saturated heterocycles. The van der Waals surface area contributed by atoms with Gasteiger partial charge in [-0.25, -0.2) is 0 Å². The maximum absolute atomic E-state index is 12.4. The summed E-state index contributed by atoms with van der Waals surface area (Å²) < 4.78 is 2.03. The molecule has 1 aromatic heterocycles. The van der Waals surface area contributed by atoms with Gasteiger partial charge in [-0.05, 0) is 56.5 Å². The maximum atomic E-state index is 12.4. The number of benzene rings is 2. The number of aryl methyl sites for hydroxylation is 1. The number of rotatable bonds is 8. The molecule has 8 heteroatoms. The highest BCUT2D eigenvalue weighted by atomic mass is 32.2. The molecule has 3 aromatic rings. The highest BCUT2D eigenvalue weighted by Crippen LogP contribution is 2.30. The zero-order valence-electron chi connectivity index (χ0n) is 17.6. The Morgan fingerprint density at radius 2 is 1.71 bits per heavy atom. The van der Waals surface area contributed by atoms with Gasteiger partial charge >= 0.3 is 0 Å². The quantitative estimate of drug-likeness (QED) is 0.514. The second kappa shape index (κ2) is 9.34. The summed E-state index contributed by atoms with van der Waals surface area (Å²) in [6, 6.07) is 15.2. The van der Waals surface area contributed by atoms with Gasteiger partial charge in [0.15, 0.2) is 11.0 Å². The summed E-state index contributed by atoms with van der Waals surface area (Å²) in [5, 5.41) is 15.1. The maximum Gasteiger partial charge on any atom is 0.234 e. The first-order chi connectivity index (χ1) is 15.0. The predicted octanol–water partition coefficient (Wildman–Crippen LogP) is 4.35. The molecule has 0 spiro atoms. The molecular weight excluding hydrogens is 410 g/mol. The van der Waals surface area contributed by atoms with Gasteiger partial charge in [-0.2, -0.15) is 0 Å². The third-order valence-corrected chi connectivity index (χ3v) is 6.10. The molecule has 160 valence electrons. The van der Waals surface area contributed by atoms with E-state index in [1.165, 1.54) is 11.8 Å². The summed E-state index contributed by atoms with van der Waals surface area (Å²) in [6.45, 7) is 4.81. The summed E-state index contributed by atoms with van der Waals surface area (Å²) in [6.07, 6.45) is 1.94. The lowest BCUT2D eigenvalue weighted by molar-refractivity contribution is -0.117. The van der Waals surface area contributed by atoms with E-state index in [1.807, 2.05) is 42.7 Å². The summed E-state index contributed by atoms with van der Waals surface area (Å²) in [5.41, 5.74) is 3.61. The van der Waals surface area contributed by atoms with Gasteiger partial charge in [0, 0.05) is 29.4 Å². The van der Waals surface area contributed by atoms with E-state index in [-0.39, 0.29) is 23.5 Å². The molecule has 0 aliphatic heterocycles. The minimum atomic E-state index is -0.122. The van der Waals surface area contributed by atoms with Crippen molar-refractivity contribution in [2.24, 2.45) is 5.92 Å². The number of amides is 2. The van der Waals surface area contributed by atoms with Crippen LogP contribution in [0, 0.1) is 12.8 Å². The SMILES string of the molecule is CCn1c(SCC(=O)Nc2ccc(NC(=O)C3CC3)cc2)nnc1-c1ccccc1C. The number of thioether (sulfide) groups is 1. The van der Waals surface area contributed by atoms with Crippen LogP contribution in [-0.2, 0) is 16.1 Å². The van der Waals surface area contributed by atoms with Crippen LogP contribution >= 0.6 is 11.8 Å². The molecule has 1 saturated carbocycles. The van der Waals surface area contributed by atoms with Crippen molar-refractivity contribution in [1.29, 1.82) is 0 Å². The standard InChI is InChI=1S/C23H25N5O2S/c1-3-28-21(19-7-5-4-6-15(19)2)26-27-23(28)31-14-20(29)24-17-10-12-18(13-11-17)25-22(30)16-8-9-16/h4-7,10-13,16H,3,8-9,14H2,1-2H3,(H,24,29)(H,25,30). The Morgan fingerprint density at radius 1 is 1.03 bits per heavy atom. The molecular formula is C23H25N5O2S. The number of nitrogens with one attached hydrogen (secondary N) is 2. The third-order valence-electron chi connectivity index (χ3n) is 5.14. The molecule has 1 aliphatic carbocycles. The Bertz CT molecular complexity index is 1090. The van der Waals surface area contributed by atoms with Crippen LogP contribution in [0.25, 0.3) is 11.4 Å². The second-order valence-corrected chi connectivity index (χ2v) is 8.49. The second-order valence-electron chi connectivity index (χ2n) is 7.54. The number of anilines is 2. The van der Waals surface area contributed by atoms with Gasteiger partial charge in [-0.1, -0.05) is 36.0 Å². The highest BCUT2D eigenvalue weighted by Gasteiger charge is 2.29. The average Bonchev–Trinajstić information content (AvgIpc) is 3.54. The molecule has 0 unspecified atom stereocenters. The van der Waals surface area contributed by atoms with Crippen LogP contribution < -0.4 is 10.6 Å². The highest BCUT2D eigenvalue weighted by molar-refractivity contribution is 7.99. The fourth-order valence-electron chi connectivity index (χ4n) is 3.26. The van der Waals surface area contributed by atoms with Gasteiger partial charge in [-0.15, -0.1) is 10.2 Å². The van der Waals surface area contributed by atoms with Crippen molar-refractivity contribution in [3.8, 4) is 11.4 Å². The molecule has 2 amide bonds. The van der Waals surface area contributed by atoms with E-state index in [2.05, 4.69) is 20.8 Å². The third kappa shape index (κ3) is 5.14.